The highest BCUT2D eigenvalue weighted by Gasteiger charge is 2.15. The zero-order valence-corrected chi connectivity index (χ0v) is 17.0. The molecule has 8 nitrogen and oxygen atoms in total. The summed E-state index contributed by atoms with van der Waals surface area (Å²) in [6, 6.07) is 9.71. The number of hydrogen-bond donors (Lipinski definition) is 1. The monoisotopic (exact) mass is 411 g/mol. The molecule has 0 bridgehead atoms. The highest BCUT2D eigenvalue weighted by Crippen LogP contribution is 2.15. The molecule has 0 aliphatic rings. The second kappa shape index (κ2) is 9.25. The second-order valence-corrected chi connectivity index (χ2v) is 6.83. The maximum Gasteiger partial charge on any atom is 0.306 e. The van der Waals surface area contributed by atoms with Gasteiger partial charge in [0.25, 0.3) is 11.9 Å². The fourth-order valence-corrected chi connectivity index (χ4v) is 2.88. The number of halogens is 1. The van der Waals surface area contributed by atoms with Gasteiger partial charge in [-0.3, -0.25) is 9.59 Å². The van der Waals surface area contributed by atoms with Crippen molar-refractivity contribution < 1.29 is 18.7 Å². The molecule has 2 heterocycles. The normalized spacial score (nSPS) is 10.7. The lowest BCUT2D eigenvalue weighted by Crippen LogP contribution is -2.23. The van der Waals surface area contributed by atoms with Crippen LogP contribution in [0.3, 0.4) is 0 Å². The molecule has 30 heavy (non-hydrogen) atoms. The van der Waals surface area contributed by atoms with E-state index in [0.717, 1.165) is 11.4 Å². The quantitative estimate of drug-likeness (QED) is 0.600. The molecule has 1 N–H and O–H groups in total. The molecule has 0 fully saturated rings. The molecule has 0 radical (unpaired) electrons. The summed E-state index contributed by atoms with van der Waals surface area (Å²) >= 11 is 0. The van der Waals surface area contributed by atoms with Crippen molar-refractivity contribution in [2.24, 2.45) is 0 Å². The topological polar surface area (TPSA) is 99.0 Å². The van der Waals surface area contributed by atoms with E-state index >= 15 is 0 Å². The van der Waals surface area contributed by atoms with Crippen molar-refractivity contribution >= 4 is 17.7 Å². The molecule has 9 heteroatoms. The lowest BCUT2D eigenvalue weighted by Gasteiger charge is -2.09. The van der Waals surface area contributed by atoms with E-state index < -0.39 is 18.5 Å². The van der Waals surface area contributed by atoms with E-state index in [2.05, 4.69) is 20.4 Å². The van der Waals surface area contributed by atoms with E-state index in [4.69, 9.17) is 4.74 Å². The summed E-state index contributed by atoms with van der Waals surface area (Å²) in [5, 5.41) is 6.97. The highest BCUT2D eigenvalue weighted by atomic mass is 19.1. The van der Waals surface area contributed by atoms with Crippen LogP contribution in [-0.4, -0.2) is 38.2 Å². The average Bonchev–Trinajstić information content (AvgIpc) is 3.05. The highest BCUT2D eigenvalue weighted by molar-refractivity contribution is 5.92. The summed E-state index contributed by atoms with van der Waals surface area (Å²) in [5.41, 5.74) is 2.63. The first-order chi connectivity index (χ1) is 14.3. The van der Waals surface area contributed by atoms with Crippen molar-refractivity contribution in [2.45, 2.75) is 33.6 Å². The molecule has 156 valence electrons. The average molecular weight is 411 g/mol. The molecule has 2 aromatic heterocycles. The Hall–Kier alpha value is -3.62. The minimum Gasteiger partial charge on any atom is -0.456 e. The van der Waals surface area contributed by atoms with Crippen LogP contribution in [0, 0.1) is 26.6 Å². The lowest BCUT2D eigenvalue weighted by atomic mass is 10.1. The van der Waals surface area contributed by atoms with Crippen molar-refractivity contribution in [2.75, 3.05) is 11.9 Å². The summed E-state index contributed by atoms with van der Waals surface area (Å²) in [6.45, 7) is 4.99. The lowest BCUT2D eigenvalue weighted by molar-refractivity contribution is -0.147. The van der Waals surface area contributed by atoms with Gasteiger partial charge in [0.1, 0.15) is 11.6 Å². The van der Waals surface area contributed by atoms with Crippen LogP contribution in [0.25, 0.3) is 5.95 Å². The van der Waals surface area contributed by atoms with Crippen LogP contribution in [0.1, 0.15) is 29.1 Å². The molecule has 0 aliphatic heterocycles. The van der Waals surface area contributed by atoms with Crippen molar-refractivity contribution in [3.05, 3.63) is 64.9 Å². The van der Waals surface area contributed by atoms with Crippen molar-refractivity contribution in [3.8, 4) is 5.95 Å². The van der Waals surface area contributed by atoms with Crippen LogP contribution < -0.4 is 5.32 Å². The van der Waals surface area contributed by atoms with Crippen LogP contribution in [0.5, 0.6) is 0 Å². The molecule has 1 aromatic carbocycles. The molecule has 0 unspecified atom stereocenters. The van der Waals surface area contributed by atoms with Crippen LogP contribution in [0.15, 0.2) is 36.4 Å². The molecule has 3 aromatic rings. The van der Waals surface area contributed by atoms with Gasteiger partial charge in [-0.2, -0.15) is 9.78 Å². The minimum absolute atomic E-state index is 0.0261. The van der Waals surface area contributed by atoms with Gasteiger partial charge in [-0.25, -0.2) is 14.4 Å². The number of carbonyl (C=O) groups is 2. The maximum absolute atomic E-state index is 13.6. The molecule has 3 rings (SSSR count). The number of carbonyl (C=O) groups excluding carboxylic acids is 2. The van der Waals surface area contributed by atoms with Gasteiger partial charge >= 0.3 is 5.97 Å². The third-order valence-electron chi connectivity index (χ3n) is 4.18. The first-order valence-electron chi connectivity index (χ1n) is 9.40. The number of hydrogen-bond acceptors (Lipinski definition) is 6. The van der Waals surface area contributed by atoms with Crippen molar-refractivity contribution in [1.82, 2.24) is 19.7 Å². The Morgan fingerprint density at radius 3 is 2.47 bits per heavy atom. The van der Waals surface area contributed by atoms with E-state index in [1.54, 1.807) is 31.2 Å². The van der Waals surface area contributed by atoms with Gasteiger partial charge in [-0.1, -0.05) is 18.2 Å². The van der Waals surface area contributed by atoms with E-state index in [-0.39, 0.29) is 18.7 Å². The van der Waals surface area contributed by atoms with E-state index in [1.807, 2.05) is 19.9 Å². The predicted molar refractivity (Wildman–Crippen MR) is 108 cm³/mol. The van der Waals surface area contributed by atoms with Gasteiger partial charge in [0.15, 0.2) is 6.61 Å². The molecular weight excluding hydrogens is 389 g/mol. The number of esters is 1. The second-order valence-electron chi connectivity index (χ2n) is 6.83. The standard InChI is InChI=1S/C21H22FN5O3/c1-13-10-14(2)24-21(23-13)27-18(11-15(3)26-27)25-19(28)12-30-20(29)9-8-16-6-4-5-7-17(16)22/h4-7,10-11H,8-9,12H2,1-3H3,(H,25,28). The number of aromatic nitrogens is 4. The molecule has 0 atom stereocenters. The number of amides is 1. The zero-order chi connectivity index (χ0) is 21.7. The minimum atomic E-state index is -0.587. The van der Waals surface area contributed by atoms with Crippen LogP contribution in [0.2, 0.25) is 0 Å². The Morgan fingerprint density at radius 1 is 1.07 bits per heavy atom. The van der Waals surface area contributed by atoms with Gasteiger partial charge in [0, 0.05) is 23.9 Å². The van der Waals surface area contributed by atoms with E-state index in [9.17, 15) is 14.0 Å². The van der Waals surface area contributed by atoms with Gasteiger partial charge < -0.3 is 10.1 Å². The van der Waals surface area contributed by atoms with E-state index in [0.29, 0.717) is 23.0 Å². The number of ether oxygens (including phenoxy) is 1. The van der Waals surface area contributed by atoms with Gasteiger partial charge in [0.2, 0.25) is 0 Å². The number of nitrogens with one attached hydrogen (secondary N) is 1. The van der Waals surface area contributed by atoms with Crippen LogP contribution >= 0.6 is 0 Å². The number of nitrogens with zero attached hydrogens (tertiary/aromatic N) is 4. The number of benzene rings is 1. The molecule has 0 saturated carbocycles. The molecule has 1 amide bonds. The Bertz CT molecular complexity index is 1060. The van der Waals surface area contributed by atoms with E-state index in [1.165, 1.54) is 10.7 Å². The van der Waals surface area contributed by atoms with Crippen molar-refractivity contribution in [1.29, 1.82) is 0 Å². The molecular formula is C21H22FN5O3. The summed E-state index contributed by atoms with van der Waals surface area (Å²) in [4.78, 5) is 32.8. The zero-order valence-electron chi connectivity index (χ0n) is 17.0. The SMILES string of the molecule is Cc1cc(C)nc(-n2nc(C)cc2NC(=O)COC(=O)CCc2ccccc2F)n1. The predicted octanol–water partition coefficient (Wildman–Crippen LogP) is 2.84. The Morgan fingerprint density at radius 2 is 1.77 bits per heavy atom. The molecule has 0 aliphatic carbocycles. The molecule has 0 saturated heterocycles. The largest absolute Gasteiger partial charge is 0.456 e. The van der Waals surface area contributed by atoms with Crippen LogP contribution in [-0.2, 0) is 20.7 Å². The number of aryl methyl sites for hydroxylation is 4. The summed E-state index contributed by atoms with van der Waals surface area (Å²) in [5.74, 6) is -0.793. The molecule has 0 spiro atoms. The Labute approximate surface area is 173 Å². The Kier molecular flexibility index (Phi) is 6.51. The summed E-state index contributed by atoms with van der Waals surface area (Å²) in [6.07, 6.45) is 0.171. The first kappa shape index (κ1) is 21.1. The fraction of sp³-hybridized carbons (Fsp3) is 0.286. The Balaban J connectivity index is 1.57. The van der Waals surface area contributed by atoms with Crippen molar-refractivity contribution in [3.63, 3.8) is 0 Å². The maximum atomic E-state index is 13.6. The smallest absolute Gasteiger partial charge is 0.306 e. The first-order valence-corrected chi connectivity index (χ1v) is 9.40. The van der Waals surface area contributed by atoms with Crippen LogP contribution in [0.4, 0.5) is 10.2 Å². The number of anilines is 1. The van der Waals surface area contributed by atoms with Gasteiger partial charge in [-0.15, -0.1) is 0 Å². The number of rotatable bonds is 7. The summed E-state index contributed by atoms with van der Waals surface area (Å²) in [7, 11) is 0. The van der Waals surface area contributed by atoms with Gasteiger partial charge in [-0.05, 0) is 44.9 Å². The fourth-order valence-electron chi connectivity index (χ4n) is 2.88. The third-order valence-corrected chi connectivity index (χ3v) is 4.18. The van der Waals surface area contributed by atoms with Gasteiger partial charge in [0.05, 0.1) is 5.69 Å². The third kappa shape index (κ3) is 5.47. The summed E-state index contributed by atoms with van der Waals surface area (Å²) < 4.78 is 20.0.